The molecule has 2 unspecified atom stereocenters. The number of rotatable bonds is 5. The van der Waals surface area contributed by atoms with Crippen molar-refractivity contribution in [2.75, 3.05) is 19.8 Å². The van der Waals surface area contributed by atoms with Crippen LogP contribution in [0.15, 0.2) is 24.3 Å². The molecule has 4 heteroatoms. The summed E-state index contributed by atoms with van der Waals surface area (Å²) in [7, 11) is 0. The second kappa shape index (κ2) is 8.06. The van der Waals surface area contributed by atoms with Gasteiger partial charge < -0.3 is 15.0 Å². The van der Waals surface area contributed by atoms with Gasteiger partial charge >= 0.3 is 6.03 Å². The lowest BCUT2D eigenvalue weighted by Crippen LogP contribution is -2.48. The van der Waals surface area contributed by atoms with Crippen molar-refractivity contribution in [1.29, 1.82) is 0 Å². The molecular formula is C18H28N2O2. The molecule has 1 aromatic rings. The first-order valence-electron chi connectivity index (χ1n) is 8.33. The Bertz CT molecular complexity index is 462. The number of ether oxygens (including phenoxy) is 1. The van der Waals surface area contributed by atoms with E-state index in [1.165, 1.54) is 12.0 Å². The molecule has 2 rings (SSSR count). The second-order valence-corrected chi connectivity index (χ2v) is 6.52. The van der Waals surface area contributed by atoms with Crippen LogP contribution in [-0.2, 0) is 6.42 Å². The number of hydrogen-bond acceptors (Lipinski definition) is 2. The van der Waals surface area contributed by atoms with Crippen molar-refractivity contribution in [1.82, 2.24) is 10.2 Å². The molecule has 2 atom stereocenters. The van der Waals surface area contributed by atoms with Crippen molar-refractivity contribution in [3.8, 4) is 5.75 Å². The molecule has 2 amide bonds. The third-order valence-electron chi connectivity index (χ3n) is 4.08. The van der Waals surface area contributed by atoms with Crippen LogP contribution in [0.2, 0.25) is 0 Å². The van der Waals surface area contributed by atoms with Crippen LogP contribution in [0.25, 0.3) is 0 Å². The molecule has 1 fully saturated rings. The van der Waals surface area contributed by atoms with Gasteiger partial charge in [0.25, 0.3) is 0 Å². The number of likely N-dealkylation sites (tertiary alicyclic amines) is 1. The summed E-state index contributed by atoms with van der Waals surface area (Å²) in [4.78, 5) is 14.0. The van der Waals surface area contributed by atoms with E-state index in [0.717, 1.165) is 31.7 Å². The Morgan fingerprint density at radius 1 is 1.23 bits per heavy atom. The van der Waals surface area contributed by atoms with Gasteiger partial charge in [-0.3, -0.25) is 0 Å². The van der Waals surface area contributed by atoms with Crippen LogP contribution < -0.4 is 10.1 Å². The summed E-state index contributed by atoms with van der Waals surface area (Å²) in [5.41, 5.74) is 1.31. The Morgan fingerprint density at radius 2 is 1.86 bits per heavy atom. The number of nitrogens with one attached hydrogen (secondary N) is 1. The van der Waals surface area contributed by atoms with Crippen LogP contribution in [0, 0.1) is 11.8 Å². The van der Waals surface area contributed by atoms with Crippen LogP contribution >= 0.6 is 0 Å². The molecule has 1 saturated heterocycles. The van der Waals surface area contributed by atoms with Crippen molar-refractivity contribution >= 4 is 6.03 Å². The number of nitrogens with zero attached hydrogens (tertiary/aromatic N) is 1. The Morgan fingerprint density at radius 3 is 2.45 bits per heavy atom. The number of hydrogen-bond donors (Lipinski definition) is 1. The summed E-state index contributed by atoms with van der Waals surface area (Å²) in [6, 6.07) is 8.05. The van der Waals surface area contributed by atoms with E-state index < -0.39 is 0 Å². The molecule has 0 spiro atoms. The zero-order chi connectivity index (χ0) is 15.9. The summed E-state index contributed by atoms with van der Waals surface area (Å²) in [5.74, 6) is 1.93. The normalized spacial score (nSPS) is 21.5. The smallest absolute Gasteiger partial charge is 0.320 e. The van der Waals surface area contributed by atoms with E-state index in [9.17, 15) is 4.79 Å². The molecule has 1 aliphatic rings. The average molecular weight is 304 g/mol. The monoisotopic (exact) mass is 304 g/mol. The van der Waals surface area contributed by atoms with Gasteiger partial charge in [-0.15, -0.1) is 0 Å². The standard InChI is InChI=1S/C18H28N2O2/c1-4-5-16-6-8-17(9-7-16)22-13-19-18(21)20-11-14(2)10-15(3)12-20/h6-9,14-15H,4-5,10-13H2,1-3H3,(H,19,21). The van der Waals surface area contributed by atoms with Crippen LogP contribution in [-0.4, -0.2) is 30.8 Å². The van der Waals surface area contributed by atoms with Crippen molar-refractivity contribution in [3.05, 3.63) is 29.8 Å². The lowest BCUT2D eigenvalue weighted by molar-refractivity contribution is 0.139. The molecular weight excluding hydrogens is 276 g/mol. The maximum Gasteiger partial charge on any atom is 0.320 e. The maximum atomic E-state index is 12.2. The largest absolute Gasteiger partial charge is 0.473 e. The van der Waals surface area contributed by atoms with Crippen LogP contribution in [0.1, 0.15) is 39.2 Å². The highest BCUT2D eigenvalue weighted by Gasteiger charge is 2.25. The molecule has 1 aliphatic heterocycles. The van der Waals surface area contributed by atoms with Gasteiger partial charge in [0, 0.05) is 13.1 Å². The van der Waals surface area contributed by atoms with Crippen LogP contribution in [0.3, 0.4) is 0 Å². The van der Waals surface area contributed by atoms with Gasteiger partial charge in [-0.05, 0) is 42.4 Å². The van der Waals surface area contributed by atoms with E-state index in [-0.39, 0.29) is 12.8 Å². The molecule has 1 heterocycles. The molecule has 1 aromatic carbocycles. The fourth-order valence-corrected chi connectivity index (χ4v) is 3.16. The summed E-state index contributed by atoms with van der Waals surface area (Å²) >= 11 is 0. The van der Waals surface area contributed by atoms with E-state index in [2.05, 4.69) is 38.2 Å². The van der Waals surface area contributed by atoms with Gasteiger partial charge in [-0.25, -0.2) is 4.79 Å². The number of carbonyl (C=O) groups excluding carboxylic acids is 1. The van der Waals surface area contributed by atoms with Gasteiger partial charge in [0.15, 0.2) is 6.73 Å². The first-order chi connectivity index (χ1) is 10.6. The summed E-state index contributed by atoms with van der Waals surface area (Å²) in [6.07, 6.45) is 3.43. The van der Waals surface area contributed by atoms with E-state index in [4.69, 9.17) is 4.74 Å². The third-order valence-corrected chi connectivity index (χ3v) is 4.08. The van der Waals surface area contributed by atoms with Crippen molar-refractivity contribution in [3.63, 3.8) is 0 Å². The van der Waals surface area contributed by atoms with Gasteiger partial charge in [-0.2, -0.15) is 0 Å². The minimum absolute atomic E-state index is 0.0268. The van der Waals surface area contributed by atoms with Gasteiger partial charge in [0.1, 0.15) is 5.75 Å². The maximum absolute atomic E-state index is 12.2. The van der Waals surface area contributed by atoms with Gasteiger partial charge in [0.05, 0.1) is 0 Å². The highest BCUT2D eigenvalue weighted by atomic mass is 16.5. The molecule has 0 radical (unpaired) electrons. The predicted octanol–water partition coefficient (Wildman–Crippen LogP) is 3.66. The number of aryl methyl sites for hydroxylation is 1. The lowest BCUT2D eigenvalue weighted by Gasteiger charge is -2.34. The lowest BCUT2D eigenvalue weighted by atomic mass is 9.92. The molecule has 0 bridgehead atoms. The minimum Gasteiger partial charge on any atom is -0.473 e. The van der Waals surface area contributed by atoms with Crippen molar-refractivity contribution in [2.45, 2.75) is 40.0 Å². The highest BCUT2D eigenvalue weighted by molar-refractivity contribution is 5.74. The third kappa shape index (κ3) is 4.93. The summed E-state index contributed by atoms with van der Waals surface area (Å²) in [5, 5.41) is 2.85. The topological polar surface area (TPSA) is 41.6 Å². The zero-order valence-electron chi connectivity index (χ0n) is 14.0. The number of amides is 2. The fourth-order valence-electron chi connectivity index (χ4n) is 3.16. The summed E-state index contributed by atoms with van der Waals surface area (Å²) in [6.45, 7) is 8.45. The highest BCUT2D eigenvalue weighted by Crippen LogP contribution is 2.20. The number of benzene rings is 1. The van der Waals surface area contributed by atoms with Crippen LogP contribution in [0.4, 0.5) is 4.79 Å². The Labute approximate surface area is 133 Å². The first kappa shape index (κ1) is 16.7. The van der Waals surface area contributed by atoms with Crippen LogP contribution in [0.5, 0.6) is 5.75 Å². The molecule has 0 aromatic heterocycles. The molecule has 122 valence electrons. The van der Waals surface area contributed by atoms with Crippen molar-refractivity contribution < 1.29 is 9.53 Å². The summed E-state index contributed by atoms with van der Waals surface area (Å²) < 4.78 is 5.60. The molecule has 0 aliphatic carbocycles. The Balaban J connectivity index is 1.74. The second-order valence-electron chi connectivity index (χ2n) is 6.52. The predicted molar refractivity (Wildman–Crippen MR) is 89.0 cm³/mol. The fraction of sp³-hybridized carbons (Fsp3) is 0.611. The van der Waals surface area contributed by atoms with E-state index in [1.54, 1.807) is 0 Å². The Kier molecular flexibility index (Phi) is 6.10. The van der Waals surface area contributed by atoms with Gasteiger partial charge in [0.2, 0.25) is 0 Å². The van der Waals surface area contributed by atoms with E-state index >= 15 is 0 Å². The SMILES string of the molecule is CCCc1ccc(OCNC(=O)N2CC(C)CC(C)C2)cc1. The first-order valence-corrected chi connectivity index (χ1v) is 8.33. The molecule has 0 saturated carbocycles. The number of carbonyl (C=O) groups is 1. The molecule has 22 heavy (non-hydrogen) atoms. The van der Waals surface area contributed by atoms with Crippen molar-refractivity contribution in [2.24, 2.45) is 11.8 Å². The molecule has 4 nitrogen and oxygen atoms in total. The Hall–Kier alpha value is -1.71. The average Bonchev–Trinajstić information content (AvgIpc) is 2.48. The van der Waals surface area contributed by atoms with E-state index in [1.807, 2.05) is 17.0 Å². The minimum atomic E-state index is -0.0268. The number of urea groups is 1. The molecule has 1 N–H and O–H groups in total. The number of piperidine rings is 1. The zero-order valence-corrected chi connectivity index (χ0v) is 14.0. The van der Waals surface area contributed by atoms with Gasteiger partial charge in [-0.1, -0.05) is 39.3 Å². The quantitative estimate of drug-likeness (QED) is 0.843. The van der Waals surface area contributed by atoms with E-state index in [0.29, 0.717) is 11.8 Å².